The number of thiazole rings is 1. The Morgan fingerprint density at radius 3 is 2.66 bits per heavy atom. The fraction of sp³-hybridized carbons (Fsp3) is 0.290. The molecule has 1 aromatic carbocycles. The highest BCUT2D eigenvalue weighted by Crippen LogP contribution is 2.41. The molecule has 3 aliphatic rings. The van der Waals surface area contributed by atoms with Crippen LogP contribution in [0.2, 0.25) is 0 Å². The third-order valence-corrected chi connectivity index (χ3v) is 10.5. The van der Waals surface area contributed by atoms with Crippen molar-refractivity contribution in [3.8, 4) is 11.5 Å². The van der Waals surface area contributed by atoms with E-state index in [9.17, 15) is 53.7 Å². The third kappa shape index (κ3) is 7.04. The lowest BCUT2D eigenvalue weighted by molar-refractivity contribution is -0.695. The number of carboxylic acid groups (broad SMARTS) is 2. The van der Waals surface area contributed by atoms with Crippen LogP contribution in [-0.4, -0.2) is 102 Å². The van der Waals surface area contributed by atoms with Crippen molar-refractivity contribution in [1.29, 1.82) is 0 Å². The number of nitroso groups, excluding NO2 is 1. The van der Waals surface area contributed by atoms with Gasteiger partial charge in [-0.1, -0.05) is 10.3 Å². The molecule has 3 amide bonds. The molecule has 22 heteroatoms. The average molecular weight is 772 g/mol. The number of nitrogens with one attached hydrogen (secondary N) is 1. The lowest BCUT2D eigenvalue weighted by atomic mass is 10.0. The summed E-state index contributed by atoms with van der Waals surface area (Å²) in [6.07, 6.45) is 0.862. The number of aliphatic carboxylic acids is 2. The number of β-lactam (4-membered cyclic amide) rings is 1. The number of hydrogen-bond donors (Lipinski definition) is 6. The fourth-order valence-electron chi connectivity index (χ4n) is 6.00. The maximum absolute atomic E-state index is 14.1. The number of phenols is 2. The van der Waals surface area contributed by atoms with Gasteiger partial charge in [-0.15, -0.1) is 23.1 Å². The second-order valence-electron chi connectivity index (χ2n) is 11.7. The zero-order chi connectivity index (χ0) is 38.1. The number of thioether (sulfide) groups is 1. The number of oxime groups is 1. The SMILES string of the molecule is Nc1nc(/C(=N/O[C@@H](CN=O)C(=O)O)C(=O)N[C@@H]2C(=O)N3C(C(=O)O)=C(C[n+]4cccc5c4CCCN5C(=O)c4cc(O)c(O)c(F)c4)CS[C@H]23)cs1. The first kappa shape index (κ1) is 36.6. The molecule has 6 rings (SSSR count). The number of aromatic hydroxyl groups is 2. The molecule has 276 valence electrons. The van der Waals surface area contributed by atoms with Crippen LogP contribution in [0.25, 0.3) is 0 Å². The van der Waals surface area contributed by atoms with Crippen molar-refractivity contribution >= 4 is 69.3 Å². The molecule has 3 atom stereocenters. The number of carbonyl (C=O) groups is 5. The molecule has 7 N–H and O–H groups in total. The highest BCUT2D eigenvalue weighted by molar-refractivity contribution is 8.00. The van der Waals surface area contributed by atoms with E-state index in [2.05, 4.69) is 20.6 Å². The van der Waals surface area contributed by atoms with E-state index in [1.54, 1.807) is 22.9 Å². The number of rotatable bonds is 12. The van der Waals surface area contributed by atoms with Gasteiger partial charge in [-0.3, -0.25) is 19.3 Å². The van der Waals surface area contributed by atoms with Crippen molar-refractivity contribution in [2.24, 2.45) is 10.3 Å². The number of nitrogens with zero attached hydrogens (tertiary/aromatic N) is 6. The predicted molar refractivity (Wildman–Crippen MR) is 182 cm³/mol. The lowest BCUT2D eigenvalue weighted by Crippen LogP contribution is -2.71. The summed E-state index contributed by atoms with van der Waals surface area (Å²) in [5.74, 6) is -8.17. The number of anilines is 2. The molecule has 0 saturated carbocycles. The van der Waals surface area contributed by atoms with Gasteiger partial charge in [0, 0.05) is 41.3 Å². The Kier molecular flexibility index (Phi) is 10.2. The van der Waals surface area contributed by atoms with Gasteiger partial charge in [0.15, 0.2) is 40.9 Å². The van der Waals surface area contributed by atoms with Crippen molar-refractivity contribution in [1.82, 2.24) is 15.2 Å². The normalized spacial score (nSPS) is 18.7. The number of pyridine rings is 1. The van der Waals surface area contributed by atoms with E-state index in [0.29, 0.717) is 29.8 Å². The molecule has 1 fully saturated rings. The molecule has 2 aromatic heterocycles. The maximum Gasteiger partial charge on any atom is 0.352 e. The number of phenolic OH excluding ortho intramolecular Hbond substituents is 2. The van der Waals surface area contributed by atoms with E-state index in [1.807, 2.05) is 0 Å². The van der Waals surface area contributed by atoms with Crippen LogP contribution in [0.3, 0.4) is 0 Å². The first-order valence-electron chi connectivity index (χ1n) is 15.5. The molecule has 1 saturated heterocycles. The van der Waals surface area contributed by atoms with Crippen molar-refractivity contribution in [2.45, 2.75) is 36.9 Å². The number of carbonyl (C=O) groups excluding carboxylic acids is 3. The minimum absolute atomic E-state index is 0.0156. The average Bonchev–Trinajstić information content (AvgIpc) is 3.56. The Balaban J connectivity index is 1.23. The Labute approximate surface area is 305 Å². The Hall–Kier alpha value is -6.16. The fourth-order valence-corrected chi connectivity index (χ4v) is 7.88. The first-order valence-corrected chi connectivity index (χ1v) is 17.5. The van der Waals surface area contributed by atoms with Crippen LogP contribution in [0.1, 0.15) is 28.2 Å². The van der Waals surface area contributed by atoms with Crippen LogP contribution in [0.4, 0.5) is 15.2 Å². The summed E-state index contributed by atoms with van der Waals surface area (Å²) in [5, 5.41) is 48.1. The largest absolute Gasteiger partial charge is 0.504 e. The maximum atomic E-state index is 14.1. The van der Waals surface area contributed by atoms with Gasteiger partial charge in [-0.25, -0.2) is 19.0 Å². The minimum atomic E-state index is -1.82. The molecule has 5 heterocycles. The van der Waals surface area contributed by atoms with Crippen molar-refractivity contribution in [3.63, 3.8) is 0 Å². The molecule has 0 spiro atoms. The van der Waals surface area contributed by atoms with Gasteiger partial charge in [-0.05, 0) is 24.6 Å². The summed E-state index contributed by atoms with van der Waals surface area (Å²) in [6.45, 7) is -0.539. The highest BCUT2D eigenvalue weighted by Gasteiger charge is 2.55. The highest BCUT2D eigenvalue weighted by atomic mass is 32.2. The molecule has 0 aliphatic carbocycles. The monoisotopic (exact) mass is 771 g/mol. The zero-order valence-electron chi connectivity index (χ0n) is 27.0. The molecule has 19 nitrogen and oxygen atoms in total. The lowest BCUT2D eigenvalue weighted by Gasteiger charge is -2.49. The number of amides is 3. The van der Waals surface area contributed by atoms with Gasteiger partial charge in [0.25, 0.3) is 17.7 Å². The number of carboxylic acids is 2. The summed E-state index contributed by atoms with van der Waals surface area (Å²) in [7, 11) is 0. The van der Waals surface area contributed by atoms with Crippen LogP contribution in [0, 0.1) is 10.7 Å². The number of nitrogen functional groups attached to an aromatic ring is 1. The van der Waals surface area contributed by atoms with E-state index in [-0.39, 0.29) is 40.9 Å². The number of hydrogen-bond acceptors (Lipinski definition) is 15. The molecule has 0 bridgehead atoms. The van der Waals surface area contributed by atoms with Gasteiger partial charge >= 0.3 is 11.9 Å². The van der Waals surface area contributed by atoms with Gasteiger partial charge in [0.05, 0.1) is 0 Å². The number of benzene rings is 1. The Morgan fingerprint density at radius 2 is 2.00 bits per heavy atom. The number of nitrogens with two attached hydrogens (primary N) is 1. The molecular formula is C31H28FN8O11S2+. The number of aromatic nitrogens is 2. The summed E-state index contributed by atoms with van der Waals surface area (Å²) in [5.41, 5.74) is 6.03. The summed E-state index contributed by atoms with van der Waals surface area (Å²) >= 11 is 2.12. The Bertz CT molecular complexity index is 2100. The molecular weight excluding hydrogens is 744 g/mol. The van der Waals surface area contributed by atoms with Crippen LogP contribution >= 0.6 is 23.1 Å². The van der Waals surface area contributed by atoms with E-state index in [4.69, 9.17) is 10.6 Å². The molecule has 3 aromatic rings. The van der Waals surface area contributed by atoms with E-state index >= 15 is 0 Å². The predicted octanol–water partition coefficient (Wildman–Crippen LogP) is 0.535. The topological polar surface area (TPSA) is 279 Å². The van der Waals surface area contributed by atoms with Crippen LogP contribution < -0.4 is 20.5 Å². The van der Waals surface area contributed by atoms with E-state index < -0.39 is 76.8 Å². The van der Waals surface area contributed by atoms with Gasteiger partial charge < -0.3 is 41.2 Å². The molecule has 3 aliphatic heterocycles. The quantitative estimate of drug-likeness (QED) is 0.0366. The van der Waals surface area contributed by atoms with Crippen molar-refractivity contribution in [3.05, 3.63) is 74.8 Å². The molecule has 0 unspecified atom stereocenters. The summed E-state index contributed by atoms with van der Waals surface area (Å²) < 4.78 is 15.9. The third-order valence-electron chi connectivity index (χ3n) is 8.45. The van der Waals surface area contributed by atoms with Crippen molar-refractivity contribution in [2.75, 3.05) is 29.5 Å². The first-order chi connectivity index (χ1) is 25.3. The van der Waals surface area contributed by atoms with Crippen molar-refractivity contribution < 1.29 is 58.2 Å². The van der Waals surface area contributed by atoms with Crippen LogP contribution in [-0.2, 0) is 37.0 Å². The van der Waals surface area contributed by atoms with E-state index in [1.165, 1.54) is 22.0 Å². The number of fused-ring (bicyclic) bond motifs is 2. The standard InChI is InChI=1S/C31H27FN8O11S2/c32-15-7-13(8-19(41)24(15)42)26(44)39-6-2-3-17-18(39)4-1-5-38(17)10-14-11-52-28-22(27(45)40(28)23(14)30(48)49)36-25(43)21(16-12-53-31(33)35-16)37-51-20(9-34-50)29(46)47/h1,4-5,7-8,12,20,22,28H,2-3,6,9-11H2,(H6-,33,35,36,37,41,42,43,44,46,47,48,49)/p+1/t20-,22+,28+/m0/s1. The Morgan fingerprint density at radius 1 is 1.23 bits per heavy atom. The smallest absolute Gasteiger partial charge is 0.352 e. The number of halogens is 1. The summed E-state index contributed by atoms with van der Waals surface area (Å²) in [6, 6.07) is 3.88. The zero-order valence-corrected chi connectivity index (χ0v) is 28.7. The second-order valence-corrected chi connectivity index (χ2v) is 13.7. The van der Waals surface area contributed by atoms with Gasteiger partial charge in [0.1, 0.15) is 35.0 Å². The second kappa shape index (κ2) is 14.8. The minimum Gasteiger partial charge on any atom is -0.504 e. The van der Waals surface area contributed by atoms with Gasteiger partial charge in [0.2, 0.25) is 11.8 Å². The molecule has 53 heavy (non-hydrogen) atoms. The van der Waals surface area contributed by atoms with Crippen LogP contribution in [0.5, 0.6) is 11.5 Å². The molecule has 0 radical (unpaired) electrons. The van der Waals surface area contributed by atoms with Crippen LogP contribution in [0.15, 0.2) is 57.4 Å². The van der Waals surface area contributed by atoms with E-state index in [0.717, 1.165) is 28.4 Å². The van der Waals surface area contributed by atoms with Gasteiger partial charge in [-0.2, -0.15) is 9.47 Å². The summed E-state index contributed by atoms with van der Waals surface area (Å²) in [4.78, 5) is 86.2.